The van der Waals surface area contributed by atoms with Crippen LogP contribution in [-0.2, 0) is 0 Å². The van der Waals surface area contributed by atoms with Gasteiger partial charge in [-0.15, -0.1) is 0 Å². The van der Waals surface area contributed by atoms with Crippen LogP contribution < -0.4 is 20.1 Å². The number of ether oxygens (including phenoxy) is 2. The molecule has 21 heavy (non-hydrogen) atoms. The third-order valence-corrected chi connectivity index (χ3v) is 3.26. The number of hydrogen-bond donors (Lipinski definition) is 2. The van der Waals surface area contributed by atoms with Crippen molar-refractivity contribution in [2.45, 2.75) is 26.7 Å². The molecular weight excluding hydrogens is 290 g/mol. The van der Waals surface area contributed by atoms with Crippen molar-refractivity contribution in [1.29, 1.82) is 0 Å². The quantitative estimate of drug-likeness (QED) is 0.811. The molecule has 0 aliphatic carbocycles. The van der Waals surface area contributed by atoms with Crippen LogP contribution in [0.5, 0.6) is 11.5 Å². The highest BCUT2D eigenvalue weighted by Gasteiger charge is 2.14. The minimum atomic E-state index is 0.545. The number of benzene rings is 1. The van der Waals surface area contributed by atoms with Gasteiger partial charge in [-0.1, -0.05) is 25.4 Å². The fourth-order valence-corrected chi connectivity index (χ4v) is 2.10. The number of nitrogens with one attached hydrogen (secondary N) is 2. The Morgan fingerprint density at radius 2 is 2.00 bits per heavy atom. The maximum absolute atomic E-state index is 6.40. The van der Waals surface area contributed by atoms with E-state index in [2.05, 4.69) is 29.5 Å². The Balaban J connectivity index is 2.22. The Morgan fingerprint density at radius 3 is 2.67 bits per heavy atom. The molecule has 2 N–H and O–H groups in total. The summed E-state index contributed by atoms with van der Waals surface area (Å²) >= 11 is 6.40. The molecule has 6 heteroatoms. The Labute approximate surface area is 130 Å². The molecule has 0 atom stereocenters. The maximum Gasteiger partial charge on any atom is 0.195 e. The van der Waals surface area contributed by atoms with Gasteiger partial charge in [0.15, 0.2) is 5.96 Å². The molecule has 2 rings (SSSR count). The maximum atomic E-state index is 6.40. The average Bonchev–Trinajstić information content (AvgIpc) is 2.99. The third kappa shape index (κ3) is 4.43. The summed E-state index contributed by atoms with van der Waals surface area (Å²) in [5.41, 5.74) is 0.740. The Hall–Kier alpha value is -1.62. The molecule has 5 nitrogen and oxygen atoms in total. The Kier molecular flexibility index (Phi) is 5.99. The van der Waals surface area contributed by atoms with Gasteiger partial charge in [0.05, 0.1) is 25.4 Å². The third-order valence-electron chi connectivity index (χ3n) is 2.87. The Morgan fingerprint density at radius 1 is 1.24 bits per heavy atom. The number of nitrogens with zero attached hydrogens (tertiary/aromatic N) is 1. The van der Waals surface area contributed by atoms with E-state index >= 15 is 0 Å². The van der Waals surface area contributed by atoms with Crippen molar-refractivity contribution in [2.24, 2.45) is 4.99 Å². The smallest absolute Gasteiger partial charge is 0.195 e. The fourth-order valence-electron chi connectivity index (χ4n) is 1.89. The predicted octanol–water partition coefficient (Wildman–Crippen LogP) is 3.29. The first-order valence-electron chi connectivity index (χ1n) is 7.39. The van der Waals surface area contributed by atoms with Gasteiger partial charge in [-0.2, -0.15) is 0 Å². The van der Waals surface area contributed by atoms with E-state index in [-0.39, 0.29) is 0 Å². The normalized spacial score (nSPS) is 13.6. The van der Waals surface area contributed by atoms with Gasteiger partial charge < -0.3 is 20.1 Å². The van der Waals surface area contributed by atoms with Gasteiger partial charge in [-0.3, -0.25) is 4.99 Å². The van der Waals surface area contributed by atoms with Gasteiger partial charge in [-0.05, 0) is 12.8 Å². The van der Waals surface area contributed by atoms with Crippen LogP contribution in [0.3, 0.4) is 0 Å². The molecule has 0 saturated carbocycles. The number of aliphatic imine (C=N–C) groups is 1. The minimum Gasteiger partial charge on any atom is -0.493 e. The lowest BCUT2D eigenvalue weighted by atomic mass is 10.2. The number of guanidine groups is 1. The zero-order chi connectivity index (χ0) is 15.1. The lowest BCUT2D eigenvalue weighted by molar-refractivity contribution is 0.302. The lowest BCUT2D eigenvalue weighted by Gasteiger charge is -2.15. The molecule has 0 amide bonds. The number of halogens is 1. The second-order valence-corrected chi connectivity index (χ2v) is 5.14. The molecule has 0 fully saturated rings. The molecule has 1 aromatic carbocycles. The standard InChI is InChI=1S/C15H22ClN3O2/c1-3-7-20-11-9-12(19-15-17-5-6-18-15)14(16)13(10-11)21-8-4-2/h9-10H,3-8H2,1-2H3,(H2,17,18,19). The first kappa shape index (κ1) is 15.8. The van der Waals surface area contributed by atoms with Crippen molar-refractivity contribution >= 4 is 23.2 Å². The van der Waals surface area contributed by atoms with Crippen LogP contribution in [0.15, 0.2) is 17.1 Å². The second kappa shape index (κ2) is 7.98. The largest absolute Gasteiger partial charge is 0.493 e. The molecule has 1 aliphatic rings. The van der Waals surface area contributed by atoms with Crippen LogP contribution in [0.1, 0.15) is 26.7 Å². The molecule has 0 bridgehead atoms. The highest BCUT2D eigenvalue weighted by atomic mass is 35.5. The summed E-state index contributed by atoms with van der Waals surface area (Å²) in [5, 5.41) is 6.89. The van der Waals surface area contributed by atoms with E-state index in [4.69, 9.17) is 21.1 Å². The summed E-state index contributed by atoms with van der Waals surface area (Å²) in [7, 11) is 0. The molecule has 1 aliphatic heterocycles. The molecule has 0 aromatic heterocycles. The summed E-state index contributed by atoms with van der Waals surface area (Å²) in [6.45, 7) is 7.02. The van der Waals surface area contributed by atoms with Gasteiger partial charge >= 0.3 is 0 Å². The number of anilines is 1. The lowest BCUT2D eigenvalue weighted by Crippen LogP contribution is -2.26. The van der Waals surface area contributed by atoms with Crippen LogP contribution in [0.25, 0.3) is 0 Å². The molecule has 1 aromatic rings. The van der Waals surface area contributed by atoms with Crippen molar-refractivity contribution in [2.75, 3.05) is 31.6 Å². The molecule has 0 saturated heterocycles. The fraction of sp³-hybridized carbons (Fsp3) is 0.533. The predicted molar refractivity (Wildman–Crippen MR) is 87.0 cm³/mol. The van der Waals surface area contributed by atoms with E-state index in [1.165, 1.54) is 0 Å². The molecular formula is C15H22ClN3O2. The van der Waals surface area contributed by atoms with Crippen molar-refractivity contribution in [3.8, 4) is 11.5 Å². The van der Waals surface area contributed by atoms with Crippen molar-refractivity contribution in [1.82, 2.24) is 5.32 Å². The van der Waals surface area contributed by atoms with E-state index in [1.54, 1.807) is 0 Å². The van der Waals surface area contributed by atoms with Gasteiger partial charge in [0, 0.05) is 18.7 Å². The monoisotopic (exact) mass is 311 g/mol. The zero-order valence-electron chi connectivity index (χ0n) is 12.5. The minimum absolute atomic E-state index is 0.545. The van der Waals surface area contributed by atoms with Gasteiger partial charge in [-0.25, -0.2) is 0 Å². The summed E-state index contributed by atoms with van der Waals surface area (Å²) in [6, 6.07) is 3.71. The van der Waals surface area contributed by atoms with Gasteiger partial charge in [0.2, 0.25) is 0 Å². The van der Waals surface area contributed by atoms with Crippen molar-refractivity contribution in [3.63, 3.8) is 0 Å². The van der Waals surface area contributed by atoms with E-state index in [0.29, 0.717) is 24.0 Å². The van der Waals surface area contributed by atoms with Crippen LogP contribution >= 0.6 is 11.6 Å². The van der Waals surface area contributed by atoms with Gasteiger partial charge in [0.25, 0.3) is 0 Å². The molecule has 1 heterocycles. The molecule has 0 unspecified atom stereocenters. The molecule has 0 radical (unpaired) electrons. The summed E-state index contributed by atoms with van der Waals surface area (Å²) < 4.78 is 11.4. The SMILES string of the molecule is CCCOc1cc(NC2=NCCN2)c(Cl)c(OCCC)c1. The summed E-state index contributed by atoms with van der Waals surface area (Å²) in [4.78, 5) is 4.31. The average molecular weight is 312 g/mol. The van der Waals surface area contributed by atoms with Gasteiger partial charge in [0.1, 0.15) is 16.5 Å². The highest BCUT2D eigenvalue weighted by molar-refractivity contribution is 6.35. The van der Waals surface area contributed by atoms with E-state index in [1.807, 2.05) is 12.1 Å². The van der Waals surface area contributed by atoms with E-state index in [9.17, 15) is 0 Å². The van der Waals surface area contributed by atoms with Crippen LogP contribution in [0.2, 0.25) is 5.02 Å². The topological polar surface area (TPSA) is 54.9 Å². The molecule has 0 spiro atoms. The first-order valence-corrected chi connectivity index (χ1v) is 7.76. The zero-order valence-corrected chi connectivity index (χ0v) is 13.3. The number of rotatable bonds is 7. The summed E-state index contributed by atoms with van der Waals surface area (Å²) in [6.07, 6.45) is 1.87. The van der Waals surface area contributed by atoms with Crippen LogP contribution in [0.4, 0.5) is 5.69 Å². The number of hydrogen-bond acceptors (Lipinski definition) is 5. The van der Waals surface area contributed by atoms with E-state index < -0.39 is 0 Å². The van der Waals surface area contributed by atoms with Crippen molar-refractivity contribution < 1.29 is 9.47 Å². The van der Waals surface area contributed by atoms with Crippen molar-refractivity contribution in [3.05, 3.63) is 17.2 Å². The van der Waals surface area contributed by atoms with E-state index in [0.717, 1.165) is 43.3 Å². The second-order valence-electron chi connectivity index (χ2n) is 4.76. The van der Waals surface area contributed by atoms with Crippen LogP contribution in [-0.4, -0.2) is 32.3 Å². The van der Waals surface area contributed by atoms with Crippen LogP contribution in [0, 0.1) is 0 Å². The first-order chi connectivity index (χ1) is 10.2. The highest BCUT2D eigenvalue weighted by Crippen LogP contribution is 2.37. The Bertz CT molecular complexity index is 506. The molecule has 116 valence electrons. The summed E-state index contributed by atoms with van der Waals surface area (Å²) in [5.74, 6) is 2.10.